The Kier molecular flexibility index (Phi) is 6.42. The highest BCUT2D eigenvalue weighted by Gasteiger charge is 2.39. The quantitative estimate of drug-likeness (QED) is 0.717. The Balaban J connectivity index is 2.45. The van der Waals surface area contributed by atoms with E-state index in [-0.39, 0.29) is 28.6 Å². The molecular formula is C16H20ClNO6S. The summed E-state index contributed by atoms with van der Waals surface area (Å²) in [5.41, 5.74) is 0.0650. The maximum absolute atomic E-state index is 13.1. The molecule has 1 aliphatic rings. The highest BCUT2D eigenvalue weighted by atomic mass is 35.5. The van der Waals surface area contributed by atoms with Crippen molar-refractivity contribution in [2.75, 3.05) is 20.3 Å². The molecule has 1 fully saturated rings. The standard InChI is InChI=1S/C16H20ClNO6S/c1-3-24-16(20)13-6-4-5-9-18(13)25(21,22)14-10-11(15(19)23-2)7-8-12(14)17/h7-8,10,13H,3-6,9H2,1-2H3/t13-/m1/s1. The van der Waals surface area contributed by atoms with Gasteiger partial charge in [-0.1, -0.05) is 11.6 Å². The summed E-state index contributed by atoms with van der Waals surface area (Å²) in [5.74, 6) is -1.25. The lowest BCUT2D eigenvalue weighted by Crippen LogP contribution is -2.48. The zero-order valence-electron chi connectivity index (χ0n) is 14.0. The van der Waals surface area contributed by atoms with Crippen LogP contribution in [0.2, 0.25) is 5.02 Å². The number of methoxy groups -OCH3 is 1. The zero-order chi connectivity index (χ0) is 18.6. The van der Waals surface area contributed by atoms with Gasteiger partial charge in [0.15, 0.2) is 0 Å². The van der Waals surface area contributed by atoms with Gasteiger partial charge in [-0.15, -0.1) is 0 Å². The Bertz CT molecular complexity index is 764. The summed E-state index contributed by atoms with van der Waals surface area (Å²) in [4.78, 5) is 23.6. The fraction of sp³-hybridized carbons (Fsp3) is 0.500. The molecule has 0 saturated carbocycles. The van der Waals surface area contributed by atoms with Crippen molar-refractivity contribution in [3.05, 3.63) is 28.8 Å². The van der Waals surface area contributed by atoms with Crippen molar-refractivity contribution >= 4 is 33.6 Å². The fourth-order valence-electron chi connectivity index (χ4n) is 2.74. The van der Waals surface area contributed by atoms with Crippen molar-refractivity contribution in [2.24, 2.45) is 0 Å². The molecule has 1 atom stereocenters. The monoisotopic (exact) mass is 389 g/mol. The van der Waals surface area contributed by atoms with Crippen LogP contribution in [0.4, 0.5) is 0 Å². The van der Waals surface area contributed by atoms with Gasteiger partial charge in [-0.2, -0.15) is 4.31 Å². The summed E-state index contributed by atoms with van der Waals surface area (Å²) in [5, 5.41) is -0.0270. The minimum atomic E-state index is -4.08. The highest BCUT2D eigenvalue weighted by Crippen LogP contribution is 2.31. The van der Waals surface area contributed by atoms with Crippen LogP contribution in [0.5, 0.6) is 0 Å². The van der Waals surface area contributed by atoms with E-state index in [1.165, 1.54) is 25.3 Å². The van der Waals surface area contributed by atoms with E-state index in [4.69, 9.17) is 16.3 Å². The first-order valence-corrected chi connectivity index (χ1v) is 9.71. The Labute approximate surface area is 151 Å². The Morgan fingerprint density at radius 2 is 2.04 bits per heavy atom. The molecular weight excluding hydrogens is 370 g/mol. The van der Waals surface area contributed by atoms with Gasteiger partial charge in [-0.05, 0) is 44.4 Å². The first-order valence-electron chi connectivity index (χ1n) is 7.89. The number of carbonyl (C=O) groups is 2. The summed E-state index contributed by atoms with van der Waals surface area (Å²) >= 11 is 6.06. The number of sulfonamides is 1. The maximum atomic E-state index is 13.1. The van der Waals surface area contributed by atoms with Gasteiger partial charge < -0.3 is 9.47 Å². The third-order valence-electron chi connectivity index (χ3n) is 3.95. The van der Waals surface area contributed by atoms with Gasteiger partial charge >= 0.3 is 11.9 Å². The average Bonchev–Trinajstić information content (AvgIpc) is 2.61. The third kappa shape index (κ3) is 4.13. The number of hydrogen-bond donors (Lipinski definition) is 0. The van der Waals surface area contributed by atoms with Crippen molar-refractivity contribution in [3.63, 3.8) is 0 Å². The van der Waals surface area contributed by atoms with Crippen LogP contribution in [0.3, 0.4) is 0 Å². The van der Waals surface area contributed by atoms with Crippen LogP contribution in [-0.4, -0.2) is 51.0 Å². The number of rotatable bonds is 5. The van der Waals surface area contributed by atoms with E-state index < -0.39 is 28.0 Å². The number of halogens is 1. The van der Waals surface area contributed by atoms with Crippen molar-refractivity contribution in [1.29, 1.82) is 0 Å². The smallest absolute Gasteiger partial charge is 0.337 e. The molecule has 0 radical (unpaired) electrons. The number of piperidine rings is 1. The van der Waals surface area contributed by atoms with Crippen molar-refractivity contribution in [3.8, 4) is 0 Å². The summed E-state index contributed by atoms with van der Waals surface area (Å²) < 4.78 is 36.9. The second-order valence-electron chi connectivity index (χ2n) is 5.52. The molecule has 138 valence electrons. The van der Waals surface area contributed by atoms with Gasteiger partial charge in [0.2, 0.25) is 10.0 Å². The van der Waals surface area contributed by atoms with Crippen LogP contribution in [0.25, 0.3) is 0 Å². The molecule has 0 N–H and O–H groups in total. The Hall–Kier alpha value is -1.64. The van der Waals surface area contributed by atoms with E-state index in [2.05, 4.69) is 4.74 Å². The van der Waals surface area contributed by atoms with E-state index in [1.807, 2.05) is 0 Å². The first-order chi connectivity index (χ1) is 11.8. The first kappa shape index (κ1) is 19.7. The molecule has 0 unspecified atom stereocenters. The predicted octanol–water partition coefficient (Wildman–Crippen LogP) is 2.23. The van der Waals surface area contributed by atoms with Gasteiger partial charge in [-0.25, -0.2) is 13.2 Å². The van der Waals surface area contributed by atoms with Crippen LogP contribution >= 0.6 is 11.6 Å². The van der Waals surface area contributed by atoms with E-state index >= 15 is 0 Å². The molecule has 9 heteroatoms. The third-order valence-corrected chi connectivity index (χ3v) is 6.34. The molecule has 2 rings (SSSR count). The largest absolute Gasteiger partial charge is 0.465 e. The van der Waals surface area contributed by atoms with Crippen LogP contribution < -0.4 is 0 Å². The van der Waals surface area contributed by atoms with Gasteiger partial charge in [0.25, 0.3) is 0 Å². The molecule has 7 nitrogen and oxygen atoms in total. The molecule has 25 heavy (non-hydrogen) atoms. The molecule has 0 amide bonds. The Morgan fingerprint density at radius 1 is 1.32 bits per heavy atom. The van der Waals surface area contributed by atoms with E-state index in [0.717, 1.165) is 10.7 Å². The fourth-order valence-corrected chi connectivity index (χ4v) is 4.89. The van der Waals surface area contributed by atoms with E-state index in [1.54, 1.807) is 6.92 Å². The number of benzene rings is 1. The lowest BCUT2D eigenvalue weighted by molar-refractivity contribution is -0.148. The van der Waals surface area contributed by atoms with Crippen LogP contribution in [0, 0.1) is 0 Å². The van der Waals surface area contributed by atoms with Crippen LogP contribution in [0.1, 0.15) is 36.5 Å². The molecule has 1 heterocycles. The number of carbonyl (C=O) groups excluding carboxylic acids is 2. The summed E-state index contributed by atoms with van der Waals surface area (Å²) in [6, 6.07) is 2.98. The lowest BCUT2D eigenvalue weighted by Gasteiger charge is -2.33. The molecule has 1 aliphatic heterocycles. The lowest BCUT2D eigenvalue weighted by atomic mass is 10.1. The summed E-state index contributed by atoms with van der Waals surface area (Å²) in [7, 11) is -2.88. The topological polar surface area (TPSA) is 90.0 Å². The molecule has 1 saturated heterocycles. The number of ether oxygens (including phenoxy) is 2. The normalized spacial score (nSPS) is 18.6. The molecule has 0 bridgehead atoms. The molecule has 1 aromatic carbocycles. The van der Waals surface area contributed by atoms with Gasteiger partial charge in [0.1, 0.15) is 10.9 Å². The SMILES string of the molecule is CCOC(=O)[C@H]1CCCCN1S(=O)(=O)c1cc(C(=O)OC)ccc1Cl. The van der Waals surface area contributed by atoms with Crippen LogP contribution in [-0.2, 0) is 24.3 Å². The minimum Gasteiger partial charge on any atom is -0.465 e. The number of hydrogen-bond acceptors (Lipinski definition) is 6. The number of nitrogens with zero attached hydrogens (tertiary/aromatic N) is 1. The van der Waals surface area contributed by atoms with Gasteiger partial charge in [0.05, 0.1) is 24.3 Å². The van der Waals surface area contributed by atoms with Gasteiger partial charge in [-0.3, -0.25) is 4.79 Å². The highest BCUT2D eigenvalue weighted by molar-refractivity contribution is 7.89. The van der Waals surface area contributed by atoms with Crippen molar-refractivity contribution in [2.45, 2.75) is 37.1 Å². The van der Waals surface area contributed by atoms with Gasteiger partial charge in [0, 0.05) is 6.54 Å². The molecule has 0 aliphatic carbocycles. The molecule has 0 spiro atoms. The Morgan fingerprint density at radius 3 is 2.68 bits per heavy atom. The number of esters is 2. The maximum Gasteiger partial charge on any atom is 0.337 e. The second-order valence-corrected chi connectivity index (χ2v) is 7.78. The zero-order valence-corrected chi connectivity index (χ0v) is 15.6. The summed E-state index contributed by atoms with van der Waals surface area (Å²) in [6.45, 7) is 2.02. The average molecular weight is 390 g/mol. The predicted molar refractivity (Wildman–Crippen MR) is 91.0 cm³/mol. The van der Waals surface area contributed by atoms with Crippen molar-refractivity contribution < 1.29 is 27.5 Å². The summed E-state index contributed by atoms with van der Waals surface area (Å²) in [6.07, 6.45) is 1.74. The van der Waals surface area contributed by atoms with E-state index in [9.17, 15) is 18.0 Å². The second kappa shape index (κ2) is 8.16. The van der Waals surface area contributed by atoms with E-state index in [0.29, 0.717) is 12.8 Å². The minimum absolute atomic E-state index is 0.0270. The molecule has 0 aromatic heterocycles. The molecule has 1 aromatic rings. The van der Waals surface area contributed by atoms with Crippen LogP contribution in [0.15, 0.2) is 23.1 Å². The van der Waals surface area contributed by atoms with Crippen molar-refractivity contribution in [1.82, 2.24) is 4.31 Å².